The van der Waals surface area contributed by atoms with E-state index in [9.17, 15) is 14.4 Å². The smallest absolute Gasteiger partial charge is 0.320 e. The molecule has 0 spiro atoms. The number of carbonyl (C=O) groups is 3. The molecule has 0 aliphatic carbocycles. The van der Waals surface area contributed by atoms with Crippen molar-refractivity contribution in [1.82, 2.24) is 0 Å². The number of esters is 3. The molecule has 0 aromatic rings. The summed E-state index contributed by atoms with van der Waals surface area (Å²) in [7, 11) is 2.35. The third kappa shape index (κ3) is 4.84. The summed E-state index contributed by atoms with van der Waals surface area (Å²) in [6.45, 7) is 3.53. The van der Waals surface area contributed by atoms with E-state index in [2.05, 4.69) is 9.47 Å². The van der Waals surface area contributed by atoms with Crippen molar-refractivity contribution in [3.05, 3.63) is 0 Å². The van der Waals surface area contributed by atoms with Crippen LogP contribution in [0.1, 0.15) is 20.3 Å². The van der Waals surface area contributed by atoms with E-state index in [1.165, 1.54) is 14.2 Å². The molecule has 0 heterocycles. The van der Waals surface area contributed by atoms with Crippen LogP contribution in [0.15, 0.2) is 0 Å². The number of rotatable bonds is 6. The number of methoxy groups -OCH3 is 2. The van der Waals surface area contributed by atoms with Crippen LogP contribution in [0.3, 0.4) is 0 Å². The van der Waals surface area contributed by atoms with E-state index in [0.717, 1.165) is 0 Å². The number of ether oxygens (including phenoxy) is 3. The lowest BCUT2D eigenvalue weighted by molar-refractivity contribution is -0.162. The van der Waals surface area contributed by atoms with Gasteiger partial charge in [0.05, 0.1) is 20.8 Å². The van der Waals surface area contributed by atoms with Gasteiger partial charge in [-0.15, -0.1) is 0 Å². The van der Waals surface area contributed by atoms with Crippen molar-refractivity contribution >= 4 is 17.9 Å². The molecule has 0 rings (SSSR count). The Morgan fingerprint density at radius 2 is 1.53 bits per heavy atom. The summed E-state index contributed by atoms with van der Waals surface area (Å²) in [6.07, 6.45) is -0.0390. The van der Waals surface area contributed by atoms with Gasteiger partial charge in [0.2, 0.25) is 0 Å². The fourth-order valence-electron chi connectivity index (χ4n) is 1.42. The zero-order chi connectivity index (χ0) is 13.4. The molecular weight excluding hydrogens is 228 g/mol. The van der Waals surface area contributed by atoms with Gasteiger partial charge in [-0.05, 0) is 12.8 Å². The van der Waals surface area contributed by atoms with Crippen molar-refractivity contribution in [2.75, 3.05) is 20.8 Å². The Balaban J connectivity index is 4.64. The summed E-state index contributed by atoms with van der Waals surface area (Å²) in [5, 5.41) is 0. The summed E-state index contributed by atoms with van der Waals surface area (Å²) in [5.74, 6) is -3.52. The molecule has 0 N–H and O–H groups in total. The minimum atomic E-state index is -1.10. The maximum atomic E-state index is 11.4. The molecule has 0 aromatic heterocycles. The molecule has 0 saturated carbocycles. The average Bonchev–Trinajstić information content (AvgIpc) is 2.28. The molecule has 6 heteroatoms. The highest BCUT2D eigenvalue weighted by Crippen LogP contribution is 2.19. The van der Waals surface area contributed by atoms with Crippen LogP contribution in [0.5, 0.6) is 0 Å². The van der Waals surface area contributed by atoms with Crippen molar-refractivity contribution < 1.29 is 28.6 Å². The monoisotopic (exact) mass is 246 g/mol. The van der Waals surface area contributed by atoms with Gasteiger partial charge >= 0.3 is 17.9 Å². The molecule has 98 valence electrons. The molecule has 0 amide bonds. The molecule has 6 nitrogen and oxygen atoms in total. The van der Waals surface area contributed by atoms with E-state index < -0.39 is 29.7 Å². The third-order valence-electron chi connectivity index (χ3n) is 2.27. The molecule has 1 unspecified atom stereocenters. The van der Waals surface area contributed by atoms with E-state index in [1.807, 2.05) is 0 Å². The Morgan fingerprint density at radius 1 is 1.06 bits per heavy atom. The molecule has 0 aliphatic heterocycles. The van der Waals surface area contributed by atoms with Gasteiger partial charge in [0.1, 0.15) is 0 Å². The minimum absolute atomic E-state index is 0.0390. The maximum absolute atomic E-state index is 11.4. The molecule has 0 saturated heterocycles. The Kier molecular flexibility index (Phi) is 6.93. The molecule has 17 heavy (non-hydrogen) atoms. The van der Waals surface area contributed by atoms with E-state index in [0.29, 0.717) is 0 Å². The Hall–Kier alpha value is -1.59. The van der Waals surface area contributed by atoms with Crippen molar-refractivity contribution in [2.45, 2.75) is 20.3 Å². The lowest BCUT2D eigenvalue weighted by Crippen LogP contribution is -2.33. The first-order chi connectivity index (χ1) is 7.97. The quantitative estimate of drug-likeness (QED) is 0.386. The van der Waals surface area contributed by atoms with Gasteiger partial charge in [0, 0.05) is 6.42 Å². The SMILES string of the molecule is CCOC(=O)CC(C)C(C(=O)OC)C(=O)OC. The second kappa shape index (κ2) is 7.65. The third-order valence-corrected chi connectivity index (χ3v) is 2.27. The molecule has 0 radical (unpaired) electrons. The highest BCUT2D eigenvalue weighted by atomic mass is 16.5. The van der Waals surface area contributed by atoms with Crippen LogP contribution in [0.4, 0.5) is 0 Å². The zero-order valence-corrected chi connectivity index (χ0v) is 10.5. The van der Waals surface area contributed by atoms with Gasteiger partial charge < -0.3 is 14.2 Å². The van der Waals surface area contributed by atoms with E-state index >= 15 is 0 Å². The standard InChI is InChI=1S/C11H18O6/c1-5-17-8(12)6-7(2)9(10(13)15-3)11(14)16-4/h7,9H,5-6H2,1-4H3. The van der Waals surface area contributed by atoms with Gasteiger partial charge in [-0.25, -0.2) is 0 Å². The molecule has 0 fully saturated rings. The normalized spacial score (nSPS) is 11.8. The van der Waals surface area contributed by atoms with E-state index in [4.69, 9.17) is 4.74 Å². The van der Waals surface area contributed by atoms with E-state index in [1.54, 1.807) is 13.8 Å². The first kappa shape index (κ1) is 15.4. The second-order valence-corrected chi connectivity index (χ2v) is 3.51. The van der Waals surface area contributed by atoms with Gasteiger partial charge in [-0.2, -0.15) is 0 Å². The van der Waals surface area contributed by atoms with Crippen LogP contribution in [0, 0.1) is 11.8 Å². The fourth-order valence-corrected chi connectivity index (χ4v) is 1.42. The lowest BCUT2D eigenvalue weighted by atomic mass is 9.91. The van der Waals surface area contributed by atoms with Crippen LogP contribution >= 0.6 is 0 Å². The van der Waals surface area contributed by atoms with Crippen LogP contribution in [-0.2, 0) is 28.6 Å². The van der Waals surface area contributed by atoms with Gasteiger partial charge in [0.25, 0.3) is 0 Å². The minimum Gasteiger partial charge on any atom is -0.468 e. The summed E-state index contributed by atoms with van der Waals surface area (Å²) in [6, 6.07) is 0. The van der Waals surface area contributed by atoms with Crippen molar-refractivity contribution in [2.24, 2.45) is 11.8 Å². The van der Waals surface area contributed by atoms with E-state index in [-0.39, 0.29) is 13.0 Å². The maximum Gasteiger partial charge on any atom is 0.320 e. The number of hydrogen-bond acceptors (Lipinski definition) is 6. The van der Waals surface area contributed by atoms with Crippen molar-refractivity contribution in [1.29, 1.82) is 0 Å². The first-order valence-electron chi connectivity index (χ1n) is 5.29. The summed E-state index contributed by atoms with van der Waals surface area (Å²) >= 11 is 0. The van der Waals surface area contributed by atoms with Crippen LogP contribution < -0.4 is 0 Å². The van der Waals surface area contributed by atoms with Crippen LogP contribution in [-0.4, -0.2) is 38.7 Å². The van der Waals surface area contributed by atoms with Crippen LogP contribution in [0.2, 0.25) is 0 Å². The largest absolute Gasteiger partial charge is 0.468 e. The highest BCUT2D eigenvalue weighted by Gasteiger charge is 2.35. The van der Waals surface area contributed by atoms with Crippen LogP contribution in [0.25, 0.3) is 0 Å². The van der Waals surface area contributed by atoms with Crippen molar-refractivity contribution in [3.8, 4) is 0 Å². The van der Waals surface area contributed by atoms with Gasteiger partial charge in [-0.1, -0.05) is 6.92 Å². The zero-order valence-electron chi connectivity index (χ0n) is 10.5. The first-order valence-corrected chi connectivity index (χ1v) is 5.29. The molecule has 1 atom stereocenters. The Morgan fingerprint density at radius 3 is 1.88 bits per heavy atom. The predicted octanol–water partition coefficient (Wildman–Crippen LogP) is 0.538. The van der Waals surface area contributed by atoms with Gasteiger partial charge in [0.15, 0.2) is 5.92 Å². The Bertz CT molecular complexity index is 270. The fraction of sp³-hybridized carbons (Fsp3) is 0.727. The second-order valence-electron chi connectivity index (χ2n) is 3.51. The number of carbonyl (C=O) groups excluding carboxylic acids is 3. The molecule has 0 bridgehead atoms. The lowest BCUT2D eigenvalue weighted by Gasteiger charge is -2.18. The topological polar surface area (TPSA) is 78.9 Å². The molecule has 0 aliphatic rings. The average molecular weight is 246 g/mol. The van der Waals surface area contributed by atoms with Gasteiger partial charge in [-0.3, -0.25) is 14.4 Å². The number of hydrogen-bond donors (Lipinski definition) is 0. The summed E-state index contributed by atoms with van der Waals surface area (Å²) < 4.78 is 13.8. The highest BCUT2D eigenvalue weighted by molar-refractivity contribution is 5.95. The van der Waals surface area contributed by atoms with Crippen molar-refractivity contribution in [3.63, 3.8) is 0 Å². The predicted molar refractivity (Wildman–Crippen MR) is 57.9 cm³/mol. The Labute approximate surface area is 100 Å². The summed E-state index contributed by atoms with van der Waals surface area (Å²) in [4.78, 5) is 34.1. The summed E-state index contributed by atoms with van der Waals surface area (Å²) in [5.41, 5.74) is 0. The molecular formula is C11H18O6. The molecule has 0 aromatic carbocycles.